The van der Waals surface area contributed by atoms with Gasteiger partial charge in [-0.05, 0) is 55.3 Å². The summed E-state index contributed by atoms with van der Waals surface area (Å²) in [6.07, 6.45) is 0. The van der Waals surface area contributed by atoms with Crippen LogP contribution in [0.3, 0.4) is 0 Å². The van der Waals surface area contributed by atoms with Crippen LogP contribution in [0.5, 0.6) is 0 Å². The third-order valence-electron chi connectivity index (χ3n) is 7.64. The lowest BCUT2D eigenvalue weighted by atomic mass is 10.0. The van der Waals surface area contributed by atoms with Crippen LogP contribution in [0.15, 0.2) is 105 Å². The molecule has 3 heterocycles. The summed E-state index contributed by atoms with van der Waals surface area (Å²) in [5.41, 5.74) is 7.92. The summed E-state index contributed by atoms with van der Waals surface area (Å²) in [7, 11) is 0. The predicted octanol–water partition coefficient (Wildman–Crippen LogP) is 8.56. The normalized spacial score (nSPS) is 12.2. The average molecular weight is 480 g/mol. The molecule has 3 aromatic heterocycles. The second-order valence-electron chi connectivity index (χ2n) is 9.83. The molecule has 0 aliphatic carbocycles. The molecule has 176 valence electrons. The summed E-state index contributed by atoms with van der Waals surface area (Å²) in [5, 5.41) is 5.78. The van der Waals surface area contributed by atoms with Gasteiger partial charge >= 0.3 is 0 Å². The molecule has 5 aromatic carbocycles. The molecule has 0 aliphatic heterocycles. The molecule has 0 saturated heterocycles. The van der Waals surface area contributed by atoms with Gasteiger partial charge in [0.25, 0.3) is 0 Å². The van der Waals surface area contributed by atoms with E-state index in [-0.39, 0.29) is 5.43 Å². The fraction of sp³-hybridized carbons (Fsp3) is 0.0606. The van der Waals surface area contributed by atoms with E-state index in [0.29, 0.717) is 21.9 Å². The molecule has 0 atom stereocenters. The zero-order valence-corrected chi connectivity index (χ0v) is 20.3. The van der Waals surface area contributed by atoms with E-state index in [2.05, 4.69) is 47.0 Å². The molecule has 0 spiro atoms. The molecule has 0 aliphatic rings. The Bertz CT molecular complexity index is 2300. The van der Waals surface area contributed by atoms with Crippen LogP contribution in [-0.2, 0) is 0 Å². The Morgan fingerprint density at radius 2 is 1.32 bits per heavy atom. The number of nitrogens with zero attached hydrogens (tertiary/aromatic N) is 1. The number of aryl methyl sites for hydroxylation is 2. The third-order valence-corrected chi connectivity index (χ3v) is 7.64. The van der Waals surface area contributed by atoms with E-state index in [4.69, 9.17) is 8.83 Å². The number of fused-ring (bicyclic) bond motifs is 8. The Balaban J connectivity index is 1.49. The van der Waals surface area contributed by atoms with Gasteiger partial charge in [0, 0.05) is 39.4 Å². The first-order chi connectivity index (χ1) is 18.1. The van der Waals surface area contributed by atoms with Crippen LogP contribution in [0.4, 0.5) is 0 Å². The Labute approximate surface area is 210 Å². The smallest absolute Gasteiger partial charge is 0.200 e. The van der Waals surface area contributed by atoms with E-state index in [1.807, 2.05) is 62.4 Å². The van der Waals surface area contributed by atoms with Gasteiger partial charge in [0.05, 0.1) is 21.8 Å². The number of hydrogen-bond acceptors (Lipinski definition) is 3. The molecule has 8 rings (SSSR count). The van der Waals surface area contributed by atoms with Gasteiger partial charge in [0.1, 0.15) is 22.3 Å². The monoisotopic (exact) mass is 479 g/mol. The van der Waals surface area contributed by atoms with Gasteiger partial charge in [0.2, 0.25) is 5.43 Å². The molecule has 0 radical (unpaired) electrons. The first-order valence-electron chi connectivity index (χ1n) is 12.4. The predicted molar refractivity (Wildman–Crippen MR) is 151 cm³/mol. The van der Waals surface area contributed by atoms with Gasteiger partial charge in [0.15, 0.2) is 0 Å². The number of rotatable bonds is 1. The van der Waals surface area contributed by atoms with Crippen LogP contribution in [0.1, 0.15) is 11.1 Å². The highest BCUT2D eigenvalue weighted by atomic mass is 16.3. The van der Waals surface area contributed by atoms with Crippen LogP contribution in [0, 0.1) is 13.8 Å². The van der Waals surface area contributed by atoms with Crippen molar-refractivity contribution >= 4 is 65.7 Å². The zero-order valence-electron chi connectivity index (χ0n) is 20.3. The molecule has 8 aromatic rings. The minimum Gasteiger partial charge on any atom is -0.456 e. The first kappa shape index (κ1) is 20.4. The molecule has 4 nitrogen and oxygen atoms in total. The molecule has 37 heavy (non-hydrogen) atoms. The van der Waals surface area contributed by atoms with Crippen molar-refractivity contribution in [2.75, 3.05) is 0 Å². The van der Waals surface area contributed by atoms with E-state index in [1.54, 1.807) is 0 Å². The Kier molecular flexibility index (Phi) is 3.91. The first-order valence-corrected chi connectivity index (χ1v) is 12.4. The van der Waals surface area contributed by atoms with Crippen LogP contribution >= 0.6 is 0 Å². The molecule has 0 fully saturated rings. The van der Waals surface area contributed by atoms with E-state index in [0.717, 1.165) is 60.6 Å². The topological polar surface area (TPSA) is 48.3 Å². The largest absolute Gasteiger partial charge is 0.456 e. The molecule has 0 unspecified atom stereocenters. The van der Waals surface area contributed by atoms with E-state index < -0.39 is 0 Å². The highest BCUT2D eigenvalue weighted by molar-refractivity contribution is 6.17. The fourth-order valence-corrected chi connectivity index (χ4v) is 5.83. The quantitative estimate of drug-likeness (QED) is 0.222. The maximum Gasteiger partial charge on any atom is 0.200 e. The van der Waals surface area contributed by atoms with Gasteiger partial charge < -0.3 is 13.4 Å². The minimum atomic E-state index is 0.00945. The summed E-state index contributed by atoms with van der Waals surface area (Å²) in [6, 6.07) is 30.8. The van der Waals surface area contributed by atoms with Gasteiger partial charge in [-0.25, -0.2) is 0 Å². The van der Waals surface area contributed by atoms with Crippen molar-refractivity contribution in [3.05, 3.63) is 112 Å². The SMILES string of the molecule is Cc1ccc(C)c2c(=O)c3ccc(-n4c5ccccc5c5cc6c(cc54)oc4ccccc46)cc3oc12. The summed E-state index contributed by atoms with van der Waals surface area (Å²) in [4.78, 5) is 13.4. The second kappa shape index (κ2) is 7.11. The highest BCUT2D eigenvalue weighted by Gasteiger charge is 2.18. The fourth-order valence-electron chi connectivity index (χ4n) is 5.83. The van der Waals surface area contributed by atoms with E-state index >= 15 is 0 Å². The van der Waals surface area contributed by atoms with Gasteiger partial charge in [-0.3, -0.25) is 4.79 Å². The Hall–Kier alpha value is -4.83. The van der Waals surface area contributed by atoms with Crippen molar-refractivity contribution in [2.45, 2.75) is 13.8 Å². The van der Waals surface area contributed by atoms with Crippen molar-refractivity contribution in [2.24, 2.45) is 0 Å². The molecule has 0 N–H and O–H groups in total. The van der Waals surface area contributed by atoms with Gasteiger partial charge in [-0.15, -0.1) is 0 Å². The summed E-state index contributed by atoms with van der Waals surface area (Å²) in [5.74, 6) is 0. The van der Waals surface area contributed by atoms with Gasteiger partial charge in [-0.1, -0.05) is 48.5 Å². The second-order valence-corrected chi connectivity index (χ2v) is 9.83. The van der Waals surface area contributed by atoms with Crippen molar-refractivity contribution in [3.63, 3.8) is 0 Å². The van der Waals surface area contributed by atoms with Crippen LogP contribution in [-0.4, -0.2) is 4.57 Å². The lowest BCUT2D eigenvalue weighted by Crippen LogP contribution is -2.05. The lowest BCUT2D eigenvalue weighted by molar-refractivity contribution is 0.656. The van der Waals surface area contributed by atoms with Crippen molar-refractivity contribution in [3.8, 4) is 5.69 Å². The van der Waals surface area contributed by atoms with Crippen molar-refractivity contribution in [1.29, 1.82) is 0 Å². The number of benzene rings is 5. The molecule has 0 amide bonds. The van der Waals surface area contributed by atoms with Crippen LogP contribution in [0.25, 0.3) is 71.4 Å². The molecule has 4 heteroatoms. The van der Waals surface area contributed by atoms with Crippen LogP contribution in [0.2, 0.25) is 0 Å². The maximum absolute atomic E-state index is 13.4. The number of hydrogen-bond donors (Lipinski definition) is 0. The minimum absolute atomic E-state index is 0.00945. The van der Waals surface area contributed by atoms with E-state index in [1.165, 1.54) is 0 Å². The molecular formula is C33H21NO3. The zero-order chi connectivity index (χ0) is 24.8. The summed E-state index contributed by atoms with van der Waals surface area (Å²) < 4.78 is 14.8. The number of para-hydroxylation sites is 2. The van der Waals surface area contributed by atoms with E-state index in [9.17, 15) is 4.79 Å². The summed E-state index contributed by atoms with van der Waals surface area (Å²) >= 11 is 0. The molecule has 0 bridgehead atoms. The van der Waals surface area contributed by atoms with Crippen LogP contribution < -0.4 is 5.43 Å². The maximum atomic E-state index is 13.4. The lowest BCUT2D eigenvalue weighted by Gasteiger charge is -2.10. The number of furan rings is 1. The summed E-state index contributed by atoms with van der Waals surface area (Å²) in [6.45, 7) is 3.93. The van der Waals surface area contributed by atoms with Crippen molar-refractivity contribution < 1.29 is 8.83 Å². The Morgan fingerprint density at radius 1 is 0.568 bits per heavy atom. The third kappa shape index (κ3) is 2.70. The average Bonchev–Trinajstić information content (AvgIpc) is 3.44. The highest BCUT2D eigenvalue weighted by Crippen LogP contribution is 2.38. The Morgan fingerprint density at radius 3 is 2.22 bits per heavy atom. The number of aromatic nitrogens is 1. The molecular weight excluding hydrogens is 458 g/mol. The van der Waals surface area contributed by atoms with Gasteiger partial charge in [-0.2, -0.15) is 0 Å². The van der Waals surface area contributed by atoms with Crippen molar-refractivity contribution in [1.82, 2.24) is 4.57 Å². The molecule has 0 saturated carbocycles. The standard InChI is InChI=1S/C33H21NO3/c1-18-11-12-19(2)33-31(18)32(35)23-14-13-20(15-29(23)37-33)34-26-9-5-3-7-21(26)24-16-25-22-8-4-6-10-28(22)36-30(25)17-27(24)34/h3-17H,1-2H3.